The van der Waals surface area contributed by atoms with Crippen molar-refractivity contribution in [3.63, 3.8) is 0 Å². The third-order valence-electron chi connectivity index (χ3n) is 4.44. The lowest BCUT2D eigenvalue weighted by atomic mass is 10.1. The highest BCUT2D eigenvalue weighted by Gasteiger charge is 2.43. The number of benzene rings is 1. The van der Waals surface area contributed by atoms with Crippen LogP contribution in [0, 0.1) is 0 Å². The quantitative estimate of drug-likeness (QED) is 0.452. The van der Waals surface area contributed by atoms with Gasteiger partial charge in [-0.15, -0.1) is 0 Å². The maximum atomic E-state index is 12.5. The molecule has 1 amide bonds. The van der Waals surface area contributed by atoms with Crippen molar-refractivity contribution in [1.29, 1.82) is 0 Å². The number of hydrogen-bond donors (Lipinski definition) is 4. The first-order valence-electron chi connectivity index (χ1n) is 8.57. The van der Waals surface area contributed by atoms with Crippen molar-refractivity contribution >= 4 is 17.7 Å². The molecule has 0 bridgehead atoms. The van der Waals surface area contributed by atoms with E-state index in [2.05, 4.69) is 15.0 Å². The molecule has 0 spiro atoms. The number of hydrogen-bond acceptors (Lipinski definition) is 9. The van der Waals surface area contributed by atoms with Gasteiger partial charge in [-0.05, 0) is 18.2 Å². The summed E-state index contributed by atoms with van der Waals surface area (Å²) in [6.45, 7) is -0.537. The summed E-state index contributed by atoms with van der Waals surface area (Å²) in [6, 6.07) is 7.27. The molecule has 154 valence electrons. The number of esters is 1. The van der Waals surface area contributed by atoms with Crippen LogP contribution in [-0.2, 0) is 9.47 Å². The number of carbonyl (C=O) groups is 2. The Kier molecular flexibility index (Phi) is 6.03. The molecule has 0 radical (unpaired) electrons. The van der Waals surface area contributed by atoms with Gasteiger partial charge >= 0.3 is 11.7 Å². The Hall–Kier alpha value is -3.12. The van der Waals surface area contributed by atoms with E-state index >= 15 is 0 Å². The van der Waals surface area contributed by atoms with Gasteiger partial charge in [-0.3, -0.25) is 9.36 Å². The van der Waals surface area contributed by atoms with Gasteiger partial charge in [0.25, 0.3) is 5.91 Å². The van der Waals surface area contributed by atoms with Gasteiger partial charge in [0, 0.05) is 6.20 Å². The molecule has 3 rings (SSSR count). The summed E-state index contributed by atoms with van der Waals surface area (Å²) >= 11 is 0. The Morgan fingerprint density at radius 3 is 2.48 bits per heavy atom. The fourth-order valence-electron chi connectivity index (χ4n) is 2.94. The van der Waals surface area contributed by atoms with Gasteiger partial charge < -0.3 is 30.1 Å². The van der Waals surface area contributed by atoms with Crippen molar-refractivity contribution in [2.75, 3.05) is 19.0 Å². The molecule has 1 aromatic carbocycles. The number of anilines is 1. The van der Waals surface area contributed by atoms with E-state index in [-0.39, 0.29) is 16.9 Å². The highest BCUT2D eigenvalue weighted by Crippen LogP contribution is 2.28. The molecule has 11 heteroatoms. The van der Waals surface area contributed by atoms with Crippen LogP contribution in [0.3, 0.4) is 0 Å². The molecule has 2 heterocycles. The third kappa shape index (κ3) is 4.03. The molecular formula is C18H19N3O8. The first kappa shape index (κ1) is 20.6. The Labute approximate surface area is 164 Å². The molecule has 4 N–H and O–H groups in total. The van der Waals surface area contributed by atoms with Gasteiger partial charge in [0.1, 0.15) is 24.1 Å². The molecule has 1 aliphatic rings. The molecule has 1 fully saturated rings. The topological polar surface area (TPSA) is 160 Å². The monoisotopic (exact) mass is 405 g/mol. The molecular weight excluding hydrogens is 386 g/mol. The second kappa shape index (κ2) is 8.49. The SMILES string of the molecule is COC(=O)c1ccccc1C(=O)Nc1ccn(C2O[C@H](CO)[C@@H](O)[C@@H]2O)c(=O)n1. The maximum absolute atomic E-state index is 12.5. The highest BCUT2D eigenvalue weighted by molar-refractivity contribution is 6.10. The number of aliphatic hydroxyl groups excluding tert-OH is 3. The average Bonchev–Trinajstić information content (AvgIpc) is 3.01. The number of rotatable bonds is 5. The van der Waals surface area contributed by atoms with Crippen LogP contribution in [0.5, 0.6) is 0 Å². The molecule has 0 saturated carbocycles. The van der Waals surface area contributed by atoms with Crippen LogP contribution < -0.4 is 11.0 Å². The number of nitrogens with one attached hydrogen (secondary N) is 1. The van der Waals surface area contributed by atoms with E-state index in [1.165, 1.54) is 31.5 Å². The number of carbonyl (C=O) groups excluding carboxylic acids is 2. The van der Waals surface area contributed by atoms with Crippen LogP contribution in [0.15, 0.2) is 41.3 Å². The molecule has 1 aromatic heterocycles. The molecule has 0 aliphatic carbocycles. The summed E-state index contributed by atoms with van der Waals surface area (Å²) < 4.78 is 10.9. The lowest BCUT2D eigenvalue weighted by Gasteiger charge is -2.17. The minimum atomic E-state index is -1.45. The van der Waals surface area contributed by atoms with Gasteiger partial charge in [0.15, 0.2) is 6.23 Å². The van der Waals surface area contributed by atoms with Crippen LogP contribution in [-0.4, -0.2) is 68.8 Å². The van der Waals surface area contributed by atoms with Crippen LogP contribution in [0.2, 0.25) is 0 Å². The standard InChI is InChI=1S/C18H19N3O8/c1-28-17(26)10-5-3-2-4-9(10)15(25)19-12-6-7-21(18(27)20-12)16-14(24)13(23)11(8-22)29-16/h2-7,11,13-14,16,22-24H,8H2,1H3,(H,19,20,25,27)/t11-,13-,14+,16?/m1/s1. The van der Waals surface area contributed by atoms with Gasteiger partial charge in [0.05, 0.1) is 24.8 Å². The molecule has 11 nitrogen and oxygen atoms in total. The summed E-state index contributed by atoms with van der Waals surface area (Å²) in [5.74, 6) is -1.46. The zero-order valence-corrected chi connectivity index (χ0v) is 15.3. The van der Waals surface area contributed by atoms with Crippen LogP contribution in [0.4, 0.5) is 5.82 Å². The Morgan fingerprint density at radius 2 is 1.90 bits per heavy atom. The Bertz CT molecular complexity index is 976. The van der Waals surface area contributed by atoms with Crippen LogP contribution >= 0.6 is 0 Å². The lowest BCUT2D eigenvalue weighted by molar-refractivity contribution is -0.0549. The van der Waals surface area contributed by atoms with Crippen molar-refractivity contribution in [2.45, 2.75) is 24.5 Å². The summed E-state index contributed by atoms with van der Waals surface area (Å²) in [4.78, 5) is 40.3. The van der Waals surface area contributed by atoms with E-state index in [9.17, 15) is 24.6 Å². The molecule has 2 aromatic rings. The summed E-state index contributed by atoms with van der Waals surface area (Å²) in [7, 11) is 1.19. The number of ether oxygens (including phenoxy) is 2. The van der Waals surface area contributed by atoms with Crippen molar-refractivity contribution in [3.05, 3.63) is 58.1 Å². The smallest absolute Gasteiger partial charge is 0.351 e. The van der Waals surface area contributed by atoms with Crippen molar-refractivity contribution in [1.82, 2.24) is 9.55 Å². The highest BCUT2D eigenvalue weighted by atomic mass is 16.6. The van der Waals surface area contributed by atoms with Gasteiger partial charge in [-0.25, -0.2) is 9.59 Å². The van der Waals surface area contributed by atoms with Crippen LogP contribution in [0.25, 0.3) is 0 Å². The van der Waals surface area contributed by atoms with E-state index < -0.39 is 48.7 Å². The normalized spacial score (nSPS) is 23.6. The number of methoxy groups -OCH3 is 1. The molecule has 4 atom stereocenters. The maximum Gasteiger partial charge on any atom is 0.351 e. The lowest BCUT2D eigenvalue weighted by Crippen LogP contribution is -2.36. The second-order valence-corrected chi connectivity index (χ2v) is 6.22. The summed E-state index contributed by atoms with van der Waals surface area (Å²) in [5, 5.41) is 31.4. The summed E-state index contributed by atoms with van der Waals surface area (Å²) in [5.41, 5.74) is -0.778. The van der Waals surface area contributed by atoms with E-state index in [4.69, 9.17) is 9.84 Å². The molecule has 29 heavy (non-hydrogen) atoms. The molecule has 1 aliphatic heterocycles. The van der Waals surface area contributed by atoms with Gasteiger partial charge in [-0.2, -0.15) is 4.98 Å². The van der Waals surface area contributed by atoms with Crippen LogP contribution in [0.1, 0.15) is 26.9 Å². The van der Waals surface area contributed by atoms with Gasteiger partial charge in [0.2, 0.25) is 0 Å². The number of aliphatic hydroxyl groups is 3. The zero-order chi connectivity index (χ0) is 21.1. The Morgan fingerprint density at radius 1 is 1.21 bits per heavy atom. The van der Waals surface area contributed by atoms with E-state index in [1.54, 1.807) is 12.1 Å². The van der Waals surface area contributed by atoms with Crippen molar-refractivity contribution < 1.29 is 34.4 Å². The minimum Gasteiger partial charge on any atom is -0.465 e. The van der Waals surface area contributed by atoms with E-state index in [1.807, 2.05) is 0 Å². The number of nitrogens with zero attached hydrogens (tertiary/aromatic N) is 2. The Balaban J connectivity index is 1.81. The zero-order valence-electron chi connectivity index (χ0n) is 15.3. The third-order valence-corrected chi connectivity index (χ3v) is 4.44. The largest absolute Gasteiger partial charge is 0.465 e. The van der Waals surface area contributed by atoms with E-state index in [0.717, 1.165) is 4.57 Å². The number of aromatic nitrogens is 2. The van der Waals surface area contributed by atoms with Crippen molar-refractivity contribution in [3.8, 4) is 0 Å². The fourth-order valence-corrected chi connectivity index (χ4v) is 2.94. The van der Waals surface area contributed by atoms with Gasteiger partial charge in [-0.1, -0.05) is 12.1 Å². The fraction of sp³-hybridized carbons (Fsp3) is 0.333. The van der Waals surface area contributed by atoms with E-state index in [0.29, 0.717) is 0 Å². The molecule has 1 unspecified atom stereocenters. The predicted octanol–water partition coefficient (Wildman–Crippen LogP) is -1.11. The first-order valence-corrected chi connectivity index (χ1v) is 8.57. The predicted molar refractivity (Wildman–Crippen MR) is 97.2 cm³/mol. The molecule has 1 saturated heterocycles. The summed E-state index contributed by atoms with van der Waals surface area (Å²) in [6.07, 6.45) is -3.88. The average molecular weight is 405 g/mol. The minimum absolute atomic E-state index is 0.0359. The number of amides is 1. The van der Waals surface area contributed by atoms with Crippen molar-refractivity contribution in [2.24, 2.45) is 0 Å². The second-order valence-electron chi connectivity index (χ2n) is 6.22. The first-order chi connectivity index (χ1) is 13.9.